The molecule has 8 nitrogen and oxygen atoms in total. The zero-order valence-corrected chi connectivity index (χ0v) is 15.3. The standard InChI is InChI=1S/C18H24N4O4/c1-18(2,3)26-17(24)22-10-9-14(15(11-22)20-21-19)16(23)25-12-13-7-5-4-6-8-13/h4-8,14-15H,9-12H2,1-3H3/t14-,15+/m1/s1. The number of benzene rings is 1. The van der Waals surface area contributed by atoms with E-state index >= 15 is 0 Å². The van der Waals surface area contributed by atoms with E-state index in [9.17, 15) is 9.59 Å². The maximum absolute atomic E-state index is 12.4. The number of azide groups is 1. The number of hydrogen-bond acceptors (Lipinski definition) is 5. The van der Waals surface area contributed by atoms with Crippen molar-refractivity contribution in [3.8, 4) is 0 Å². The Hall–Kier alpha value is -2.73. The Morgan fingerprint density at radius 2 is 2.00 bits per heavy atom. The Labute approximate surface area is 152 Å². The highest BCUT2D eigenvalue weighted by Gasteiger charge is 2.37. The highest BCUT2D eigenvalue weighted by Crippen LogP contribution is 2.24. The van der Waals surface area contributed by atoms with Crippen LogP contribution in [-0.2, 0) is 20.9 Å². The van der Waals surface area contributed by atoms with Crippen molar-refractivity contribution in [2.75, 3.05) is 13.1 Å². The Kier molecular flexibility index (Phi) is 6.46. The third-order valence-corrected chi connectivity index (χ3v) is 3.96. The van der Waals surface area contributed by atoms with E-state index < -0.39 is 29.6 Å². The Morgan fingerprint density at radius 1 is 1.31 bits per heavy atom. The van der Waals surface area contributed by atoms with Gasteiger partial charge in [0.1, 0.15) is 12.2 Å². The van der Waals surface area contributed by atoms with Gasteiger partial charge in [0.05, 0.1) is 12.0 Å². The predicted molar refractivity (Wildman–Crippen MR) is 95.1 cm³/mol. The average Bonchev–Trinajstić information content (AvgIpc) is 2.59. The van der Waals surface area contributed by atoms with Crippen LogP contribution in [0.2, 0.25) is 0 Å². The summed E-state index contributed by atoms with van der Waals surface area (Å²) in [6, 6.07) is 8.67. The maximum atomic E-state index is 12.4. The van der Waals surface area contributed by atoms with Crippen LogP contribution in [0.5, 0.6) is 0 Å². The van der Waals surface area contributed by atoms with Gasteiger partial charge in [-0.05, 0) is 38.3 Å². The van der Waals surface area contributed by atoms with Crippen molar-refractivity contribution in [3.63, 3.8) is 0 Å². The van der Waals surface area contributed by atoms with Crippen LogP contribution < -0.4 is 0 Å². The van der Waals surface area contributed by atoms with Gasteiger partial charge < -0.3 is 14.4 Å². The Morgan fingerprint density at radius 3 is 2.62 bits per heavy atom. The minimum atomic E-state index is -0.676. The van der Waals surface area contributed by atoms with Gasteiger partial charge in [-0.3, -0.25) is 4.79 Å². The average molecular weight is 360 g/mol. The summed E-state index contributed by atoms with van der Waals surface area (Å²) in [7, 11) is 0. The van der Waals surface area contributed by atoms with E-state index in [0.29, 0.717) is 13.0 Å². The van der Waals surface area contributed by atoms with Crippen molar-refractivity contribution in [1.82, 2.24) is 4.90 Å². The molecule has 1 aromatic carbocycles. The van der Waals surface area contributed by atoms with Crippen molar-refractivity contribution >= 4 is 12.1 Å². The van der Waals surface area contributed by atoms with Gasteiger partial charge >= 0.3 is 12.1 Å². The lowest BCUT2D eigenvalue weighted by Gasteiger charge is -2.36. The van der Waals surface area contributed by atoms with Crippen molar-refractivity contribution < 1.29 is 19.1 Å². The summed E-state index contributed by atoms with van der Waals surface area (Å²) in [6.45, 7) is 5.98. The first kappa shape index (κ1) is 19.6. The first-order chi connectivity index (χ1) is 12.3. The van der Waals surface area contributed by atoms with Gasteiger partial charge in [0.2, 0.25) is 0 Å². The number of piperidine rings is 1. The molecule has 2 atom stereocenters. The summed E-state index contributed by atoms with van der Waals surface area (Å²) in [5.41, 5.74) is 9.08. The summed E-state index contributed by atoms with van der Waals surface area (Å²) < 4.78 is 10.7. The van der Waals surface area contributed by atoms with Crippen LogP contribution in [0.15, 0.2) is 35.4 Å². The molecular formula is C18H24N4O4. The molecule has 0 aliphatic carbocycles. The van der Waals surface area contributed by atoms with Gasteiger partial charge in [-0.1, -0.05) is 35.4 Å². The lowest BCUT2D eigenvalue weighted by atomic mass is 9.92. The molecule has 26 heavy (non-hydrogen) atoms. The number of carbonyl (C=O) groups excluding carboxylic acids is 2. The normalized spacial score (nSPS) is 20.0. The van der Waals surface area contributed by atoms with Crippen molar-refractivity contribution in [3.05, 3.63) is 46.3 Å². The monoisotopic (exact) mass is 360 g/mol. The lowest BCUT2D eigenvalue weighted by molar-refractivity contribution is -0.152. The summed E-state index contributed by atoms with van der Waals surface area (Å²) in [5, 5.41) is 3.70. The fourth-order valence-electron chi connectivity index (χ4n) is 2.72. The van der Waals surface area contributed by atoms with E-state index in [1.807, 2.05) is 30.3 Å². The molecule has 1 fully saturated rings. The smallest absolute Gasteiger partial charge is 0.410 e. The molecule has 1 aliphatic heterocycles. The molecule has 0 spiro atoms. The number of hydrogen-bond donors (Lipinski definition) is 0. The van der Waals surface area contributed by atoms with Crippen molar-refractivity contribution in [2.45, 2.75) is 45.4 Å². The third-order valence-electron chi connectivity index (χ3n) is 3.96. The zero-order valence-electron chi connectivity index (χ0n) is 15.3. The summed E-state index contributed by atoms with van der Waals surface area (Å²) in [4.78, 5) is 28.9. The highest BCUT2D eigenvalue weighted by molar-refractivity contribution is 5.74. The van der Waals surface area contributed by atoms with Crippen molar-refractivity contribution in [1.29, 1.82) is 0 Å². The minimum Gasteiger partial charge on any atom is -0.461 e. The molecule has 8 heteroatoms. The van der Waals surface area contributed by atoms with Crippen LogP contribution in [0.25, 0.3) is 10.4 Å². The largest absolute Gasteiger partial charge is 0.461 e. The predicted octanol–water partition coefficient (Wildman–Crippen LogP) is 3.67. The quantitative estimate of drug-likeness (QED) is 0.353. The number of rotatable bonds is 4. The molecule has 1 saturated heterocycles. The molecule has 0 N–H and O–H groups in total. The van der Waals surface area contributed by atoms with Crippen LogP contribution in [0.3, 0.4) is 0 Å². The number of likely N-dealkylation sites (tertiary alicyclic amines) is 1. The van der Waals surface area contributed by atoms with Gasteiger partial charge in [0, 0.05) is 18.0 Å². The van der Waals surface area contributed by atoms with Crippen molar-refractivity contribution in [2.24, 2.45) is 11.0 Å². The van der Waals surface area contributed by atoms with Gasteiger partial charge in [-0.2, -0.15) is 0 Å². The maximum Gasteiger partial charge on any atom is 0.410 e. The third kappa shape index (κ3) is 5.67. The second kappa shape index (κ2) is 8.58. The van der Waals surface area contributed by atoms with E-state index in [0.717, 1.165) is 5.56 Å². The van der Waals surface area contributed by atoms with E-state index in [4.69, 9.17) is 15.0 Å². The van der Waals surface area contributed by atoms with Gasteiger partial charge in [-0.15, -0.1) is 0 Å². The van der Waals surface area contributed by atoms with Crippen LogP contribution in [0.1, 0.15) is 32.8 Å². The zero-order chi connectivity index (χ0) is 19.2. The SMILES string of the molecule is CC(C)(C)OC(=O)N1CC[C@@H](C(=O)OCc2ccccc2)[C@@H](N=[N+]=[N-])C1. The molecule has 0 aromatic heterocycles. The summed E-state index contributed by atoms with van der Waals surface area (Å²) in [6.07, 6.45) is -0.122. The number of carbonyl (C=O) groups is 2. The first-order valence-corrected chi connectivity index (χ1v) is 8.53. The lowest BCUT2D eigenvalue weighted by Crippen LogP contribution is -2.49. The molecule has 0 saturated carbocycles. The Balaban J connectivity index is 1.98. The molecule has 1 aliphatic rings. The van der Waals surface area contributed by atoms with Crippen LogP contribution in [-0.4, -0.2) is 41.7 Å². The number of nitrogens with zero attached hydrogens (tertiary/aromatic N) is 4. The molecule has 2 rings (SSSR count). The van der Waals surface area contributed by atoms with Crippen LogP contribution >= 0.6 is 0 Å². The van der Waals surface area contributed by atoms with Gasteiger partial charge in [0.25, 0.3) is 0 Å². The molecular weight excluding hydrogens is 336 g/mol. The molecule has 1 heterocycles. The molecule has 0 bridgehead atoms. The van der Waals surface area contributed by atoms with E-state index in [1.165, 1.54) is 4.90 Å². The van der Waals surface area contributed by atoms with Crippen LogP contribution in [0.4, 0.5) is 4.79 Å². The minimum absolute atomic E-state index is 0.129. The molecule has 1 amide bonds. The van der Waals surface area contributed by atoms with E-state index in [1.54, 1.807) is 20.8 Å². The fraction of sp³-hybridized carbons (Fsp3) is 0.556. The van der Waals surface area contributed by atoms with E-state index in [-0.39, 0.29) is 13.2 Å². The topological polar surface area (TPSA) is 105 Å². The van der Waals surface area contributed by atoms with Crippen LogP contribution in [0, 0.1) is 5.92 Å². The number of amides is 1. The summed E-state index contributed by atoms with van der Waals surface area (Å²) in [5.74, 6) is -0.997. The molecule has 1 aromatic rings. The fourth-order valence-corrected chi connectivity index (χ4v) is 2.72. The molecule has 0 radical (unpaired) electrons. The number of ether oxygens (including phenoxy) is 2. The number of esters is 1. The second-order valence-electron chi connectivity index (χ2n) is 7.19. The summed E-state index contributed by atoms with van der Waals surface area (Å²) >= 11 is 0. The van der Waals surface area contributed by atoms with E-state index in [2.05, 4.69) is 10.0 Å². The first-order valence-electron chi connectivity index (χ1n) is 8.53. The highest BCUT2D eigenvalue weighted by atomic mass is 16.6. The molecule has 140 valence electrons. The Bertz CT molecular complexity index is 680. The van der Waals surface area contributed by atoms with Gasteiger partial charge in [0.15, 0.2) is 0 Å². The second-order valence-corrected chi connectivity index (χ2v) is 7.19. The van der Waals surface area contributed by atoms with Gasteiger partial charge in [-0.25, -0.2) is 4.79 Å². The molecule has 0 unspecified atom stereocenters.